The predicted octanol–water partition coefficient (Wildman–Crippen LogP) is 0.166. The van der Waals surface area contributed by atoms with E-state index in [2.05, 4.69) is 5.10 Å². The Bertz CT molecular complexity index is 335. The van der Waals surface area contributed by atoms with Crippen LogP contribution in [0.1, 0.15) is 12.5 Å². The smallest absolute Gasteiger partial charge is 0.243 e. The highest BCUT2D eigenvalue weighted by molar-refractivity contribution is 5.71. The highest BCUT2D eigenvalue weighted by atomic mass is 16.5. The molecule has 1 aromatic rings. The van der Waals surface area contributed by atoms with E-state index >= 15 is 0 Å². The molecule has 0 saturated carbocycles. The Kier molecular flexibility index (Phi) is 3.08. The SMILES string of the molecule is COc1nn(C)cc1CN(O)C(C)=O. The van der Waals surface area contributed by atoms with Crippen molar-refractivity contribution >= 4 is 5.91 Å². The fourth-order valence-corrected chi connectivity index (χ4v) is 1.07. The summed E-state index contributed by atoms with van der Waals surface area (Å²) in [5.74, 6) is -0.0105. The molecule has 0 aliphatic rings. The van der Waals surface area contributed by atoms with E-state index in [0.29, 0.717) is 16.5 Å². The monoisotopic (exact) mass is 199 g/mol. The van der Waals surface area contributed by atoms with E-state index in [4.69, 9.17) is 4.74 Å². The third kappa shape index (κ3) is 2.23. The van der Waals surface area contributed by atoms with E-state index in [0.717, 1.165) is 0 Å². The van der Waals surface area contributed by atoms with Crippen molar-refractivity contribution in [1.82, 2.24) is 14.8 Å². The molecule has 6 heteroatoms. The molecule has 1 N–H and O–H groups in total. The standard InChI is InChI=1S/C8H13N3O3/c1-6(12)11(13)5-7-4-10(2)9-8(7)14-3/h4,13H,5H2,1-3H3. The summed E-state index contributed by atoms with van der Waals surface area (Å²) in [5, 5.41) is 13.8. The summed E-state index contributed by atoms with van der Waals surface area (Å²) in [6.07, 6.45) is 1.69. The van der Waals surface area contributed by atoms with Gasteiger partial charge in [-0.1, -0.05) is 0 Å². The van der Waals surface area contributed by atoms with Crippen LogP contribution in [0.25, 0.3) is 0 Å². The summed E-state index contributed by atoms with van der Waals surface area (Å²) in [6.45, 7) is 1.36. The van der Waals surface area contributed by atoms with Crippen LogP contribution in [-0.4, -0.2) is 33.1 Å². The van der Waals surface area contributed by atoms with E-state index in [9.17, 15) is 10.0 Å². The number of hydroxylamine groups is 2. The maximum Gasteiger partial charge on any atom is 0.243 e. The van der Waals surface area contributed by atoms with Crippen LogP contribution in [0.5, 0.6) is 5.88 Å². The van der Waals surface area contributed by atoms with Gasteiger partial charge in [-0.05, 0) is 0 Å². The van der Waals surface area contributed by atoms with E-state index < -0.39 is 5.91 Å². The number of carbonyl (C=O) groups excluding carboxylic acids is 1. The zero-order valence-corrected chi connectivity index (χ0v) is 8.39. The minimum Gasteiger partial charge on any atom is -0.480 e. The normalized spacial score (nSPS) is 10.0. The second-order valence-corrected chi connectivity index (χ2v) is 2.91. The number of aromatic nitrogens is 2. The van der Waals surface area contributed by atoms with Gasteiger partial charge in [0.25, 0.3) is 0 Å². The third-order valence-electron chi connectivity index (χ3n) is 1.74. The van der Waals surface area contributed by atoms with E-state index in [1.807, 2.05) is 0 Å². The summed E-state index contributed by atoms with van der Waals surface area (Å²) in [6, 6.07) is 0. The summed E-state index contributed by atoms with van der Waals surface area (Å²) < 4.78 is 6.52. The molecule has 0 unspecified atom stereocenters. The summed E-state index contributed by atoms with van der Waals surface area (Å²) in [4.78, 5) is 10.8. The van der Waals surface area contributed by atoms with Crippen LogP contribution >= 0.6 is 0 Å². The number of aryl methyl sites for hydroxylation is 1. The Morgan fingerprint density at radius 2 is 2.43 bits per heavy atom. The average molecular weight is 199 g/mol. The molecule has 6 nitrogen and oxygen atoms in total. The highest BCUT2D eigenvalue weighted by Gasteiger charge is 2.12. The Morgan fingerprint density at radius 3 is 2.93 bits per heavy atom. The topological polar surface area (TPSA) is 67.6 Å². The van der Waals surface area contributed by atoms with Crippen molar-refractivity contribution in [2.24, 2.45) is 7.05 Å². The van der Waals surface area contributed by atoms with Crippen molar-refractivity contribution in [3.63, 3.8) is 0 Å². The van der Waals surface area contributed by atoms with Crippen LogP contribution in [0, 0.1) is 0 Å². The van der Waals surface area contributed by atoms with Gasteiger partial charge >= 0.3 is 0 Å². The number of hydrogen-bond acceptors (Lipinski definition) is 4. The summed E-state index contributed by atoms with van der Waals surface area (Å²) in [5.41, 5.74) is 0.660. The van der Waals surface area contributed by atoms with Crippen LogP contribution < -0.4 is 4.74 Å². The second-order valence-electron chi connectivity index (χ2n) is 2.91. The van der Waals surface area contributed by atoms with Gasteiger partial charge < -0.3 is 4.74 Å². The van der Waals surface area contributed by atoms with Gasteiger partial charge in [-0.3, -0.25) is 14.7 Å². The van der Waals surface area contributed by atoms with E-state index in [1.165, 1.54) is 14.0 Å². The van der Waals surface area contributed by atoms with Crippen molar-refractivity contribution in [2.45, 2.75) is 13.5 Å². The molecule has 0 aliphatic heterocycles. The van der Waals surface area contributed by atoms with Crippen molar-refractivity contribution in [2.75, 3.05) is 7.11 Å². The molecule has 1 heterocycles. The van der Waals surface area contributed by atoms with Gasteiger partial charge in [0.1, 0.15) is 0 Å². The minimum absolute atomic E-state index is 0.0757. The molecule has 0 spiro atoms. The minimum atomic E-state index is -0.420. The van der Waals surface area contributed by atoms with Gasteiger partial charge in [0.2, 0.25) is 11.8 Å². The Hall–Kier alpha value is -1.56. The van der Waals surface area contributed by atoms with Gasteiger partial charge in [-0.25, -0.2) is 5.06 Å². The average Bonchev–Trinajstić information content (AvgIpc) is 2.45. The molecule has 1 aromatic heterocycles. The molecule has 1 amide bonds. The number of hydrogen-bond donors (Lipinski definition) is 1. The molecule has 78 valence electrons. The third-order valence-corrected chi connectivity index (χ3v) is 1.74. The highest BCUT2D eigenvalue weighted by Crippen LogP contribution is 2.16. The fraction of sp³-hybridized carbons (Fsp3) is 0.500. The molecular weight excluding hydrogens is 186 g/mol. The molecule has 0 saturated heterocycles. The number of nitrogens with zero attached hydrogens (tertiary/aromatic N) is 3. The van der Waals surface area contributed by atoms with Crippen LogP contribution in [0.4, 0.5) is 0 Å². The largest absolute Gasteiger partial charge is 0.480 e. The maximum absolute atomic E-state index is 10.8. The predicted molar refractivity (Wildman–Crippen MR) is 47.8 cm³/mol. The van der Waals surface area contributed by atoms with Gasteiger partial charge in [0.15, 0.2) is 0 Å². The van der Waals surface area contributed by atoms with Crippen molar-refractivity contribution in [3.05, 3.63) is 11.8 Å². The first-order chi connectivity index (χ1) is 6.54. The van der Waals surface area contributed by atoms with Crippen LogP contribution in [0.2, 0.25) is 0 Å². The molecule has 0 bridgehead atoms. The zero-order valence-electron chi connectivity index (χ0n) is 8.39. The molecule has 0 aromatic carbocycles. The number of amides is 1. The summed E-state index contributed by atoms with van der Waals surface area (Å²) >= 11 is 0. The molecule has 1 rings (SSSR count). The number of ether oxygens (including phenoxy) is 1. The first-order valence-corrected chi connectivity index (χ1v) is 4.08. The summed E-state index contributed by atoms with van der Waals surface area (Å²) in [7, 11) is 3.23. The first-order valence-electron chi connectivity index (χ1n) is 4.08. The number of methoxy groups -OCH3 is 1. The Labute approximate surface area is 81.6 Å². The van der Waals surface area contributed by atoms with Crippen molar-refractivity contribution in [1.29, 1.82) is 0 Å². The van der Waals surface area contributed by atoms with Crippen molar-refractivity contribution < 1.29 is 14.7 Å². The van der Waals surface area contributed by atoms with Crippen LogP contribution in [0.3, 0.4) is 0 Å². The molecule has 0 radical (unpaired) electrons. The lowest BCUT2D eigenvalue weighted by molar-refractivity contribution is -0.165. The van der Waals surface area contributed by atoms with Crippen molar-refractivity contribution in [3.8, 4) is 5.88 Å². The quantitative estimate of drug-likeness (QED) is 0.556. The van der Waals surface area contributed by atoms with Gasteiger partial charge in [-0.2, -0.15) is 0 Å². The first kappa shape index (κ1) is 10.5. The molecule has 14 heavy (non-hydrogen) atoms. The van der Waals surface area contributed by atoms with Crippen LogP contribution in [0.15, 0.2) is 6.20 Å². The lowest BCUT2D eigenvalue weighted by Gasteiger charge is -2.11. The van der Waals surface area contributed by atoms with Gasteiger partial charge in [0.05, 0.1) is 19.2 Å². The molecule has 0 aliphatic carbocycles. The molecular formula is C8H13N3O3. The molecule has 0 fully saturated rings. The molecule has 0 atom stereocenters. The lowest BCUT2D eigenvalue weighted by atomic mass is 10.3. The van der Waals surface area contributed by atoms with Crippen LogP contribution in [-0.2, 0) is 18.4 Å². The van der Waals surface area contributed by atoms with E-state index in [-0.39, 0.29) is 6.54 Å². The Morgan fingerprint density at radius 1 is 1.79 bits per heavy atom. The van der Waals surface area contributed by atoms with Gasteiger partial charge in [0, 0.05) is 20.2 Å². The fourth-order valence-electron chi connectivity index (χ4n) is 1.07. The zero-order chi connectivity index (χ0) is 10.7. The van der Waals surface area contributed by atoms with E-state index in [1.54, 1.807) is 17.9 Å². The second kappa shape index (κ2) is 4.10. The maximum atomic E-state index is 10.8. The number of rotatable bonds is 3. The van der Waals surface area contributed by atoms with Gasteiger partial charge in [-0.15, -0.1) is 5.10 Å². The Balaban J connectivity index is 2.79. The lowest BCUT2D eigenvalue weighted by Crippen LogP contribution is -2.23. The number of carbonyl (C=O) groups is 1.